The maximum Gasteiger partial charge on any atom is 0.269 e. The molecule has 0 N–H and O–H groups in total. The second-order valence-corrected chi connectivity index (χ2v) is 5.40. The number of nitrogens with zero attached hydrogens (tertiary/aromatic N) is 2. The lowest BCUT2D eigenvalue weighted by Crippen LogP contribution is -2.36. The van der Waals surface area contributed by atoms with Gasteiger partial charge in [-0.2, -0.15) is 0 Å². The van der Waals surface area contributed by atoms with Crippen LogP contribution >= 0.6 is 0 Å². The molecule has 0 bridgehead atoms. The van der Waals surface area contributed by atoms with Gasteiger partial charge >= 0.3 is 0 Å². The quantitative estimate of drug-likeness (QED) is 0.612. The predicted octanol–water partition coefficient (Wildman–Crippen LogP) is 2.44. The van der Waals surface area contributed by atoms with Crippen LogP contribution in [0.15, 0.2) is 24.3 Å². The summed E-state index contributed by atoms with van der Waals surface area (Å²) in [4.78, 5) is 23.9. The second-order valence-electron chi connectivity index (χ2n) is 5.40. The lowest BCUT2D eigenvalue weighted by atomic mass is 9.93. The van der Waals surface area contributed by atoms with E-state index in [0.717, 1.165) is 44.5 Å². The number of nitro groups is 1. The van der Waals surface area contributed by atoms with Crippen molar-refractivity contribution in [2.75, 3.05) is 19.6 Å². The van der Waals surface area contributed by atoms with Crippen LogP contribution < -0.4 is 0 Å². The van der Waals surface area contributed by atoms with Crippen molar-refractivity contribution in [3.63, 3.8) is 0 Å². The molecule has 2 rings (SSSR count). The molecule has 0 aliphatic carbocycles. The Morgan fingerprint density at radius 3 is 2.40 bits per heavy atom. The molecule has 0 saturated carbocycles. The number of Topliss-reactive ketones (excluding diaryl/α,β-unsaturated/α-hetero) is 1. The van der Waals surface area contributed by atoms with Crippen LogP contribution in [-0.2, 0) is 11.2 Å². The fourth-order valence-electron chi connectivity index (χ4n) is 2.63. The van der Waals surface area contributed by atoms with Gasteiger partial charge in [0.25, 0.3) is 5.69 Å². The molecule has 0 aromatic heterocycles. The molecule has 5 nitrogen and oxygen atoms in total. The summed E-state index contributed by atoms with van der Waals surface area (Å²) < 4.78 is 0. The van der Waals surface area contributed by atoms with Crippen molar-refractivity contribution in [1.29, 1.82) is 0 Å². The van der Waals surface area contributed by atoms with Crippen LogP contribution in [-0.4, -0.2) is 35.2 Å². The fourth-order valence-corrected chi connectivity index (χ4v) is 2.63. The van der Waals surface area contributed by atoms with Crippen LogP contribution in [0.2, 0.25) is 0 Å². The number of non-ortho nitro benzene ring substituents is 1. The smallest absolute Gasteiger partial charge is 0.269 e. The van der Waals surface area contributed by atoms with Gasteiger partial charge in [0.1, 0.15) is 5.78 Å². The average Bonchev–Trinajstić information content (AvgIpc) is 2.46. The number of rotatable bonds is 5. The van der Waals surface area contributed by atoms with E-state index in [1.54, 1.807) is 19.1 Å². The van der Waals surface area contributed by atoms with Gasteiger partial charge < -0.3 is 4.90 Å². The Morgan fingerprint density at radius 2 is 1.90 bits per heavy atom. The number of hydrogen-bond acceptors (Lipinski definition) is 4. The summed E-state index contributed by atoms with van der Waals surface area (Å²) in [5.41, 5.74) is 1.25. The standard InChI is InChI=1S/C15H20N2O3/c1-12(18)14-7-10-16(11-8-14)9-6-13-2-4-15(5-3-13)17(19)20/h2-5,14H,6-11H2,1H3. The maximum absolute atomic E-state index is 11.3. The Bertz CT molecular complexity index is 476. The van der Waals surface area contributed by atoms with Crippen molar-refractivity contribution in [1.82, 2.24) is 4.90 Å². The summed E-state index contributed by atoms with van der Waals surface area (Å²) in [6.07, 6.45) is 2.80. The summed E-state index contributed by atoms with van der Waals surface area (Å²) in [7, 11) is 0. The van der Waals surface area contributed by atoms with E-state index in [1.807, 2.05) is 12.1 Å². The molecule has 0 atom stereocenters. The van der Waals surface area contributed by atoms with Crippen molar-refractivity contribution in [3.05, 3.63) is 39.9 Å². The number of benzene rings is 1. The first-order valence-corrected chi connectivity index (χ1v) is 7.02. The predicted molar refractivity (Wildman–Crippen MR) is 76.6 cm³/mol. The van der Waals surface area contributed by atoms with Crippen molar-refractivity contribution >= 4 is 11.5 Å². The minimum absolute atomic E-state index is 0.135. The number of carbonyl (C=O) groups excluding carboxylic acids is 1. The van der Waals surface area contributed by atoms with Crippen LogP contribution in [0.5, 0.6) is 0 Å². The first-order valence-electron chi connectivity index (χ1n) is 7.02. The van der Waals surface area contributed by atoms with Crippen molar-refractivity contribution in [3.8, 4) is 0 Å². The van der Waals surface area contributed by atoms with Gasteiger partial charge in [0, 0.05) is 24.6 Å². The number of carbonyl (C=O) groups is 1. The van der Waals surface area contributed by atoms with Gasteiger partial charge in [0.2, 0.25) is 0 Å². The zero-order chi connectivity index (χ0) is 14.5. The summed E-state index contributed by atoms with van der Waals surface area (Å²) in [6, 6.07) is 6.75. The Hall–Kier alpha value is -1.75. The monoisotopic (exact) mass is 276 g/mol. The number of piperidine rings is 1. The molecule has 1 fully saturated rings. The maximum atomic E-state index is 11.3. The number of ketones is 1. The zero-order valence-corrected chi connectivity index (χ0v) is 11.7. The Labute approximate surface area is 118 Å². The molecule has 108 valence electrons. The number of nitro benzene ring substituents is 1. The van der Waals surface area contributed by atoms with E-state index in [9.17, 15) is 14.9 Å². The fraction of sp³-hybridized carbons (Fsp3) is 0.533. The van der Waals surface area contributed by atoms with Crippen molar-refractivity contribution < 1.29 is 9.72 Å². The van der Waals surface area contributed by atoms with E-state index in [4.69, 9.17) is 0 Å². The van der Waals surface area contributed by atoms with Crippen molar-refractivity contribution in [2.24, 2.45) is 5.92 Å². The van der Waals surface area contributed by atoms with Gasteiger partial charge in [-0.1, -0.05) is 12.1 Å². The lowest BCUT2D eigenvalue weighted by molar-refractivity contribution is -0.384. The number of likely N-dealkylation sites (tertiary alicyclic amines) is 1. The Morgan fingerprint density at radius 1 is 1.30 bits per heavy atom. The largest absolute Gasteiger partial charge is 0.303 e. The highest BCUT2D eigenvalue weighted by molar-refractivity contribution is 5.78. The molecule has 0 amide bonds. The van der Waals surface area contributed by atoms with Gasteiger partial charge in [0.15, 0.2) is 0 Å². The Kier molecular flexibility index (Phi) is 4.84. The molecule has 0 radical (unpaired) electrons. The van der Waals surface area contributed by atoms with Crippen LogP contribution in [0, 0.1) is 16.0 Å². The van der Waals surface area contributed by atoms with E-state index < -0.39 is 0 Å². The SMILES string of the molecule is CC(=O)C1CCN(CCc2ccc([N+](=O)[O-])cc2)CC1. The Balaban J connectivity index is 1.78. The first-order chi connectivity index (χ1) is 9.56. The van der Waals surface area contributed by atoms with E-state index in [2.05, 4.69) is 4.90 Å². The third-order valence-corrected chi connectivity index (χ3v) is 4.03. The highest BCUT2D eigenvalue weighted by Crippen LogP contribution is 2.18. The summed E-state index contributed by atoms with van der Waals surface area (Å²) >= 11 is 0. The second kappa shape index (κ2) is 6.61. The van der Waals surface area contributed by atoms with Crippen molar-refractivity contribution in [2.45, 2.75) is 26.2 Å². The van der Waals surface area contributed by atoms with E-state index in [0.29, 0.717) is 5.78 Å². The zero-order valence-electron chi connectivity index (χ0n) is 11.7. The van der Waals surface area contributed by atoms with Gasteiger partial charge in [-0.15, -0.1) is 0 Å². The molecule has 5 heteroatoms. The molecule has 1 heterocycles. The third kappa shape index (κ3) is 3.87. The van der Waals surface area contributed by atoms with Crippen LogP contribution in [0.4, 0.5) is 5.69 Å². The summed E-state index contributed by atoms with van der Waals surface area (Å²) in [6.45, 7) is 4.56. The first kappa shape index (κ1) is 14.7. The average molecular weight is 276 g/mol. The van der Waals surface area contributed by atoms with E-state index in [1.165, 1.54) is 0 Å². The van der Waals surface area contributed by atoms with Gasteiger partial charge in [-0.3, -0.25) is 14.9 Å². The highest BCUT2D eigenvalue weighted by Gasteiger charge is 2.21. The molecule has 1 aromatic rings. The summed E-state index contributed by atoms with van der Waals surface area (Å²) in [5.74, 6) is 0.547. The topological polar surface area (TPSA) is 63.5 Å². The number of hydrogen-bond donors (Lipinski definition) is 0. The van der Waals surface area contributed by atoms with Gasteiger partial charge in [-0.25, -0.2) is 0 Å². The molecular weight excluding hydrogens is 256 g/mol. The molecule has 1 saturated heterocycles. The van der Waals surface area contributed by atoms with E-state index in [-0.39, 0.29) is 16.5 Å². The lowest BCUT2D eigenvalue weighted by Gasteiger charge is -2.30. The van der Waals surface area contributed by atoms with Crippen LogP contribution in [0.25, 0.3) is 0 Å². The minimum Gasteiger partial charge on any atom is -0.303 e. The molecule has 0 spiro atoms. The molecule has 1 aromatic carbocycles. The van der Waals surface area contributed by atoms with Gasteiger partial charge in [-0.05, 0) is 44.8 Å². The third-order valence-electron chi connectivity index (χ3n) is 4.03. The van der Waals surface area contributed by atoms with E-state index >= 15 is 0 Å². The normalized spacial score (nSPS) is 17.1. The van der Waals surface area contributed by atoms with Crippen LogP contribution in [0.3, 0.4) is 0 Å². The minimum atomic E-state index is -0.379. The molecule has 1 aliphatic heterocycles. The molecular formula is C15H20N2O3. The summed E-state index contributed by atoms with van der Waals surface area (Å²) in [5, 5.41) is 10.6. The molecule has 20 heavy (non-hydrogen) atoms. The highest BCUT2D eigenvalue weighted by atomic mass is 16.6. The molecule has 1 aliphatic rings. The molecule has 0 unspecified atom stereocenters. The van der Waals surface area contributed by atoms with Gasteiger partial charge in [0.05, 0.1) is 4.92 Å². The van der Waals surface area contributed by atoms with Crippen LogP contribution in [0.1, 0.15) is 25.3 Å².